The van der Waals surface area contributed by atoms with Crippen molar-refractivity contribution < 1.29 is 22.7 Å². The van der Waals surface area contributed by atoms with Gasteiger partial charge in [-0.1, -0.05) is 45.0 Å². The standard InChI is InChI=1S/C21H26FN3O4S/c1-21(2,3)15-23(20(26)27)13-8-14-24-19-17(22)11-7-12-18(19)25(30(24,28)29)16-9-5-4-6-10-16/h4-7,9-12H,8,13-15H2,1-3H3,(H,26,27). The molecule has 0 saturated heterocycles. The van der Waals surface area contributed by atoms with Gasteiger partial charge in [-0.05, 0) is 36.1 Å². The van der Waals surface area contributed by atoms with Crippen LogP contribution in [0.3, 0.4) is 0 Å². The fourth-order valence-corrected chi connectivity index (χ4v) is 5.29. The van der Waals surface area contributed by atoms with Crippen LogP contribution in [0.5, 0.6) is 0 Å². The van der Waals surface area contributed by atoms with E-state index < -0.39 is 22.1 Å². The first-order valence-electron chi connectivity index (χ1n) is 9.67. The Bertz CT molecular complexity index is 1020. The van der Waals surface area contributed by atoms with E-state index in [1.165, 1.54) is 17.0 Å². The summed E-state index contributed by atoms with van der Waals surface area (Å²) in [5.41, 5.74) is 0.401. The SMILES string of the molecule is CC(C)(C)CN(CCCN1c2c(F)cccc2N(c2ccccc2)S1(=O)=O)C(=O)O. The van der Waals surface area contributed by atoms with Crippen molar-refractivity contribution >= 4 is 33.4 Å². The van der Waals surface area contributed by atoms with E-state index in [1.807, 2.05) is 20.8 Å². The number of fused-ring (bicyclic) bond motifs is 1. The Kier molecular flexibility index (Phi) is 5.94. The van der Waals surface area contributed by atoms with Crippen LogP contribution in [0.1, 0.15) is 27.2 Å². The number of rotatable bonds is 6. The maximum absolute atomic E-state index is 14.7. The molecule has 7 nitrogen and oxygen atoms in total. The predicted octanol–water partition coefficient (Wildman–Crippen LogP) is 4.44. The third-order valence-electron chi connectivity index (χ3n) is 4.66. The quantitative estimate of drug-likeness (QED) is 0.727. The number of carboxylic acid groups (broad SMARTS) is 1. The van der Waals surface area contributed by atoms with Gasteiger partial charge in [0.05, 0.1) is 11.4 Å². The van der Waals surface area contributed by atoms with Crippen LogP contribution >= 0.6 is 0 Å². The molecule has 0 radical (unpaired) electrons. The van der Waals surface area contributed by atoms with E-state index >= 15 is 0 Å². The molecule has 30 heavy (non-hydrogen) atoms. The van der Waals surface area contributed by atoms with Crippen molar-refractivity contribution in [3.8, 4) is 0 Å². The molecule has 1 aliphatic heterocycles. The molecule has 2 aromatic rings. The zero-order valence-corrected chi connectivity index (χ0v) is 18.1. The van der Waals surface area contributed by atoms with Crippen LogP contribution < -0.4 is 8.61 Å². The number of hydrogen-bond donors (Lipinski definition) is 1. The highest BCUT2D eigenvalue weighted by Gasteiger charge is 2.42. The van der Waals surface area contributed by atoms with Gasteiger partial charge in [-0.2, -0.15) is 8.42 Å². The summed E-state index contributed by atoms with van der Waals surface area (Å²) in [6.45, 7) is 6.21. The smallest absolute Gasteiger partial charge is 0.407 e. The molecule has 0 saturated carbocycles. The van der Waals surface area contributed by atoms with E-state index in [9.17, 15) is 22.7 Å². The van der Waals surface area contributed by atoms with Gasteiger partial charge in [0.1, 0.15) is 11.5 Å². The molecule has 0 atom stereocenters. The van der Waals surface area contributed by atoms with Crippen LogP contribution in [-0.2, 0) is 10.2 Å². The fourth-order valence-electron chi connectivity index (χ4n) is 3.54. The van der Waals surface area contributed by atoms with Crippen molar-refractivity contribution in [1.29, 1.82) is 0 Å². The van der Waals surface area contributed by atoms with Crippen LogP contribution in [0.15, 0.2) is 48.5 Å². The molecule has 1 heterocycles. The molecule has 9 heteroatoms. The van der Waals surface area contributed by atoms with Crippen molar-refractivity contribution in [2.24, 2.45) is 5.41 Å². The molecule has 1 N–H and O–H groups in total. The molecule has 162 valence electrons. The lowest BCUT2D eigenvalue weighted by atomic mass is 9.96. The number of carbonyl (C=O) groups is 1. The lowest BCUT2D eigenvalue weighted by Gasteiger charge is -2.28. The Morgan fingerprint density at radius 2 is 1.77 bits per heavy atom. The minimum absolute atomic E-state index is 0.0148. The zero-order valence-electron chi connectivity index (χ0n) is 17.2. The highest BCUT2D eigenvalue weighted by Crippen LogP contribution is 2.46. The molecule has 1 amide bonds. The number of nitrogens with zero attached hydrogens (tertiary/aromatic N) is 3. The van der Waals surface area contributed by atoms with Crippen molar-refractivity contribution in [1.82, 2.24) is 4.90 Å². The fraction of sp³-hybridized carbons (Fsp3) is 0.381. The maximum atomic E-state index is 14.7. The van der Waals surface area contributed by atoms with Gasteiger partial charge in [0.15, 0.2) is 0 Å². The number of anilines is 3. The van der Waals surface area contributed by atoms with Gasteiger partial charge in [0.25, 0.3) is 0 Å². The normalized spacial score (nSPS) is 15.2. The minimum Gasteiger partial charge on any atom is -0.465 e. The molecule has 1 aliphatic rings. The molecule has 0 fully saturated rings. The van der Waals surface area contributed by atoms with E-state index in [0.717, 1.165) is 8.61 Å². The number of hydrogen-bond acceptors (Lipinski definition) is 3. The third kappa shape index (κ3) is 4.35. The Morgan fingerprint density at radius 1 is 1.10 bits per heavy atom. The lowest BCUT2D eigenvalue weighted by Crippen LogP contribution is -2.40. The monoisotopic (exact) mass is 435 g/mol. The summed E-state index contributed by atoms with van der Waals surface area (Å²) in [4.78, 5) is 12.8. The van der Waals surface area contributed by atoms with Gasteiger partial charge in [-0.15, -0.1) is 0 Å². The van der Waals surface area contributed by atoms with Gasteiger partial charge in [-0.25, -0.2) is 17.8 Å². The van der Waals surface area contributed by atoms with E-state index in [4.69, 9.17) is 0 Å². The number of amides is 1. The Morgan fingerprint density at radius 3 is 2.37 bits per heavy atom. The van der Waals surface area contributed by atoms with Gasteiger partial charge in [-0.3, -0.25) is 0 Å². The van der Waals surface area contributed by atoms with Crippen LogP contribution in [0.25, 0.3) is 0 Å². The molecule has 3 rings (SSSR count). The Labute approximate surface area is 176 Å². The van der Waals surface area contributed by atoms with Crippen molar-refractivity contribution in [2.45, 2.75) is 27.2 Å². The molecule has 0 aromatic heterocycles. The lowest BCUT2D eigenvalue weighted by molar-refractivity contribution is 0.126. The summed E-state index contributed by atoms with van der Waals surface area (Å²) >= 11 is 0. The summed E-state index contributed by atoms with van der Waals surface area (Å²) in [5, 5.41) is 9.45. The van der Waals surface area contributed by atoms with E-state index in [1.54, 1.807) is 36.4 Å². The van der Waals surface area contributed by atoms with Crippen LogP contribution in [0.2, 0.25) is 0 Å². The van der Waals surface area contributed by atoms with Crippen LogP contribution in [0, 0.1) is 11.2 Å². The zero-order chi connectivity index (χ0) is 22.1. The van der Waals surface area contributed by atoms with Gasteiger partial charge >= 0.3 is 16.3 Å². The number of benzene rings is 2. The predicted molar refractivity (Wildman–Crippen MR) is 115 cm³/mol. The maximum Gasteiger partial charge on any atom is 0.407 e. The van der Waals surface area contributed by atoms with Crippen molar-refractivity contribution in [3.63, 3.8) is 0 Å². The second kappa shape index (κ2) is 8.14. The average Bonchev–Trinajstić information content (AvgIpc) is 2.88. The average molecular weight is 436 g/mol. The highest BCUT2D eigenvalue weighted by atomic mass is 32.2. The Hall–Kier alpha value is -2.81. The summed E-state index contributed by atoms with van der Waals surface area (Å²) < 4.78 is 43.4. The van der Waals surface area contributed by atoms with Crippen molar-refractivity contribution in [2.75, 3.05) is 28.2 Å². The first-order chi connectivity index (χ1) is 14.0. The van der Waals surface area contributed by atoms with Crippen LogP contribution in [0.4, 0.5) is 26.2 Å². The first-order valence-corrected chi connectivity index (χ1v) is 11.1. The van der Waals surface area contributed by atoms with Gasteiger partial charge in [0, 0.05) is 19.6 Å². The summed E-state index contributed by atoms with van der Waals surface area (Å²) in [6.07, 6.45) is -0.829. The largest absolute Gasteiger partial charge is 0.465 e. The topological polar surface area (TPSA) is 81.2 Å². The van der Waals surface area contributed by atoms with E-state index in [2.05, 4.69) is 0 Å². The molecular weight excluding hydrogens is 409 g/mol. The molecule has 0 spiro atoms. The summed E-state index contributed by atoms with van der Waals surface area (Å²) in [5.74, 6) is -0.640. The molecule has 0 bridgehead atoms. The van der Waals surface area contributed by atoms with Crippen LogP contribution in [-0.4, -0.2) is 44.2 Å². The van der Waals surface area contributed by atoms with E-state index in [0.29, 0.717) is 12.2 Å². The van der Waals surface area contributed by atoms with Gasteiger partial charge in [0.2, 0.25) is 0 Å². The second-order valence-corrected chi connectivity index (χ2v) is 10.1. The second-order valence-electron chi connectivity index (χ2n) is 8.41. The van der Waals surface area contributed by atoms with Crippen molar-refractivity contribution in [3.05, 3.63) is 54.3 Å². The number of para-hydroxylation sites is 2. The summed E-state index contributed by atoms with van der Waals surface area (Å²) in [6, 6.07) is 12.7. The highest BCUT2D eigenvalue weighted by molar-refractivity contribution is 7.95. The van der Waals surface area contributed by atoms with E-state index in [-0.39, 0.29) is 36.3 Å². The first kappa shape index (κ1) is 21.9. The minimum atomic E-state index is -4.06. The Balaban J connectivity index is 1.88. The molecule has 0 aliphatic carbocycles. The number of halogens is 1. The van der Waals surface area contributed by atoms with Gasteiger partial charge < -0.3 is 10.0 Å². The molecular formula is C21H26FN3O4S. The summed E-state index contributed by atoms with van der Waals surface area (Å²) in [7, 11) is -4.06. The molecule has 2 aromatic carbocycles. The molecule has 0 unspecified atom stereocenters. The third-order valence-corrected chi connectivity index (χ3v) is 6.45.